The number of nitrogens with one attached hydrogen (secondary N) is 3. The third-order valence-electron chi connectivity index (χ3n) is 8.22. The summed E-state index contributed by atoms with van der Waals surface area (Å²) >= 11 is 19.2. The van der Waals surface area contributed by atoms with Crippen molar-refractivity contribution in [1.82, 2.24) is 30.6 Å². The summed E-state index contributed by atoms with van der Waals surface area (Å²) in [5.41, 5.74) is 3.22. The lowest BCUT2D eigenvalue weighted by Gasteiger charge is -2.39. The maximum Gasteiger partial charge on any atom is 0.269 e. The van der Waals surface area contributed by atoms with Crippen LogP contribution in [0.15, 0.2) is 79.4 Å². The van der Waals surface area contributed by atoms with Crippen LogP contribution in [0.2, 0.25) is 15.1 Å². The van der Waals surface area contributed by atoms with Crippen LogP contribution >= 0.6 is 34.8 Å². The number of nitrogens with zero attached hydrogens (tertiary/aromatic N) is 3. The van der Waals surface area contributed by atoms with Gasteiger partial charge < -0.3 is 25.5 Å². The number of rotatable bonds is 9. The van der Waals surface area contributed by atoms with Crippen LogP contribution in [0.25, 0.3) is 28.5 Å². The number of aromatic amines is 1. The molecule has 2 aliphatic heterocycles. The van der Waals surface area contributed by atoms with E-state index in [0.717, 1.165) is 0 Å². The summed E-state index contributed by atoms with van der Waals surface area (Å²) in [6.07, 6.45) is 4.22. The highest BCUT2D eigenvalue weighted by atomic mass is 35.5. The molecule has 2 saturated heterocycles. The molecule has 49 heavy (non-hydrogen) atoms. The smallest absolute Gasteiger partial charge is 0.269 e. The molecule has 14 heteroatoms. The fraction of sp³-hybridized carbons (Fsp3) is 0.171. The molecule has 4 aromatic rings. The Morgan fingerprint density at radius 3 is 2.24 bits per heavy atom. The van der Waals surface area contributed by atoms with Crippen LogP contribution in [0.3, 0.4) is 0 Å². The Hall–Kier alpha value is -5.10. The molecule has 2 aliphatic rings. The van der Waals surface area contributed by atoms with E-state index in [-0.39, 0.29) is 64.9 Å². The third-order valence-corrected chi connectivity index (χ3v) is 9.17. The van der Waals surface area contributed by atoms with Crippen molar-refractivity contribution in [3.05, 3.63) is 111 Å². The van der Waals surface area contributed by atoms with Crippen LogP contribution in [0.1, 0.15) is 26.4 Å². The number of carbonyl (C=O) groups excluding carboxylic acids is 4. The van der Waals surface area contributed by atoms with E-state index in [2.05, 4.69) is 27.4 Å². The van der Waals surface area contributed by atoms with Gasteiger partial charge in [-0.3, -0.25) is 24.3 Å². The molecule has 0 bridgehead atoms. The van der Waals surface area contributed by atoms with Crippen LogP contribution in [0.4, 0.5) is 0 Å². The number of aromatic hydroxyl groups is 1. The average molecular weight is 720 g/mol. The molecule has 11 nitrogen and oxygen atoms in total. The molecule has 0 saturated carbocycles. The summed E-state index contributed by atoms with van der Waals surface area (Å²) in [5.74, 6) is -1.51. The fourth-order valence-electron chi connectivity index (χ4n) is 5.51. The minimum Gasteiger partial charge on any atom is -0.507 e. The maximum absolute atomic E-state index is 13.2. The summed E-state index contributed by atoms with van der Waals surface area (Å²) in [5, 5.41) is 24.2. The monoisotopic (exact) mass is 718 g/mol. The number of halogens is 3. The first-order valence-electron chi connectivity index (χ1n) is 15.1. The van der Waals surface area contributed by atoms with Crippen molar-refractivity contribution in [1.29, 1.82) is 0 Å². The SMILES string of the molecule is C=CC(=O)N1CC(NC(=O)c2cc(-c3ccc(/C=C/C(=O)NC4CN(C(=O)c5cc(-c6ccccc6Cl)c(Cl)cc5O)C4)cc3Cl)n[nH]2)C1. The lowest BCUT2D eigenvalue weighted by atomic mass is 10.00. The minimum atomic E-state index is -0.394. The molecule has 2 fully saturated rings. The first-order chi connectivity index (χ1) is 23.5. The molecule has 6 rings (SSSR count). The molecule has 0 spiro atoms. The van der Waals surface area contributed by atoms with E-state index in [1.54, 1.807) is 59.5 Å². The zero-order valence-corrected chi connectivity index (χ0v) is 28.0. The lowest BCUT2D eigenvalue weighted by Crippen LogP contribution is -2.60. The van der Waals surface area contributed by atoms with Gasteiger partial charge in [-0.2, -0.15) is 5.10 Å². The summed E-state index contributed by atoms with van der Waals surface area (Å²) < 4.78 is 0. The van der Waals surface area contributed by atoms with Crippen LogP contribution in [0, 0.1) is 0 Å². The second-order valence-electron chi connectivity index (χ2n) is 11.6. The number of hydrogen-bond donors (Lipinski definition) is 4. The molecule has 1 aromatic heterocycles. The van der Waals surface area contributed by atoms with Crippen molar-refractivity contribution in [2.24, 2.45) is 0 Å². The largest absolute Gasteiger partial charge is 0.507 e. The molecule has 0 atom stereocenters. The fourth-order valence-corrected chi connectivity index (χ4v) is 6.29. The van der Waals surface area contributed by atoms with Gasteiger partial charge in [-0.1, -0.05) is 71.7 Å². The zero-order chi connectivity index (χ0) is 34.8. The van der Waals surface area contributed by atoms with Gasteiger partial charge in [0, 0.05) is 54.0 Å². The quantitative estimate of drug-likeness (QED) is 0.175. The Morgan fingerprint density at radius 2 is 1.53 bits per heavy atom. The Morgan fingerprint density at radius 1 is 0.837 bits per heavy atom. The van der Waals surface area contributed by atoms with Crippen LogP contribution in [0.5, 0.6) is 5.75 Å². The summed E-state index contributed by atoms with van der Waals surface area (Å²) in [6.45, 7) is 4.81. The van der Waals surface area contributed by atoms with Crippen LogP contribution in [-0.2, 0) is 9.59 Å². The van der Waals surface area contributed by atoms with E-state index in [9.17, 15) is 24.3 Å². The molecular formula is C35H29Cl3N6O5. The maximum atomic E-state index is 13.2. The van der Waals surface area contributed by atoms with Crippen LogP contribution in [-0.4, -0.2) is 87.0 Å². The van der Waals surface area contributed by atoms with Gasteiger partial charge in [0.2, 0.25) is 11.8 Å². The molecule has 0 radical (unpaired) electrons. The number of phenolic OH excluding ortho intramolecular Hbond substituents is 1. The Labute approximate surface area is 296 Å². The van der Waals surface area contributed by atoms with Crippen molar-refractivity contribution < 1.29 is 24.3 Å². The Kier molecular flexibility index (Phi) is 9.77. The van der Waals surface area contributed by atoms with Crippen molar-refractivity contribution in [3.63, 3.8) is 0 Å². The summed E-state index contributed by atoms with van der Waals surface area (Å²) in [6, 6.07) is 16.3. The molecule has 4 amide bonds. The van der Waals surface area contributed by atoms with E-state index >= 15 is 0 Å². The van der Waals surface area contributed by atoms with E-state index in [0.29, 0.717) is 51.1 Å². The normalized spacial score (nSPS) is 14.7. The number of phenols is 1. The predicted octanol–water partition coefficient (Wildman–Crippen LogP) is 5.19. The molecule has 3 heterocycles. The van der Waals surface area contributed by atoms with E-state index in [4.69, 9.17) is 34.8 Å². The molecular weight excluding hydrogens is 691 g/mol. The second kappa shape index (κ2) is 14.2. The second-order valence-corrected chi connectivity index (χ2v) is 12.8. The molecule has 250 valence electrons. The van der Waals surface area contributed by atoms with Crippen LogP contribution < -0.4 is 10.6 Å². The first kappa shape index (κ1) is 33.8. The number of likely N-dealkylation sites (tertiary alicyclic amines) is 2. The highest BCUT2D eigenvalue weighted by Crippen LogP contribution is 2.38. The molecule has 4 N–H and O–H groups in total. The van der Waals surface area contributed by atoms with Crippen molar-refractivity contribution >= 4 is 64.5 Å². The topological polar surface area (TPSA) is 148 Å². The van der Waals surface area contributed by atoms with E-state index in [1.807, 2.05) is 0 Å². The third kappa shape index (κ3) is 7.34. The molecule has 0 unspecified atom stereocenters. The van der Waals surface area contributed by atoms with Crippen molar-refractivity contribution in [2.75, 3.05) is 26.2 Å². The van der Waals surface area contributed by atoms with Crippen molar-refractivity contribution in [2.45, 2.75) is 12.1 Å². The summed E-state index contributed by atoms with van der Waals surface area (Å²) in [4.78, 5) is 53.1. The average Bonchev–Trinajstić information content (AvgIpc) is 3.53. The van der Waals surface area contributed by atoms with Gasteiger partial charge in [0.1, 0.15) is 11.4 Å². The van der Waals surface area contributed by atoms with Gasteiger partial charge in [-0.25, -0.2) is 0 Å². The number of carbonyl (C=O) groups is 4. The number of H-pyrrole nitrogens is 1. The van der Waals surface area contributed by atoms with E-state index < -0.39 is 5.91 Å². The van der Waals surface area contributed by atoms with Gasteiger partial charge in [-0.05, 0) is 48.0 Å². The highest BCUT2D eigenvalue weighted by Gasteiger charge is 2.34. The number of benzene rings is 3. The Balaban J connectivity index is 1.00. The zero-order valence-electron chi connectivity index (χ0n) is 25.8. The van der Waals surface area contributed by atoms with Gasteiger partial charge >= 0.3 is 0 Å². The minimum absolute atomic E-state index is 0.0852. The first-order valence-corrected chi connectivity index (χ1v) is 16.3. The number of hydrogen-bond acceptors (Lipinski definition) is 6. The predicted molar refractivity (Wildman–Crippen MR) is 187 cm³/mol. The highest BCUT2D eigenvalue weighted by molar-refractivity contribution is 6.36. The standard InChI is InChI=1S/C35H29Cl3N6O5/c1-2-33(47)43-15-21(16-43)40-34(48)30-14-29(41-42-30)23-9-7-19(11-27(23)37)8-10-32(46)39-20-17-44(18-20)35(49)25-12-24(28(38)13-31(25)45)22-5-3-4-6-26(22)36/h2-14,20-21,45H,1,15-18H2,(H,39,46)(H,40,48)(H,41,42)/b10-8+. The molecule has 3 aromatic carbocycles. The molecule has 0 aliphatic carbocycles. The Bertz CT molecular complexity index is 2020. The van der Waals surface area contributed by atoms with E-state index in [1.165, 1.54) is 29.2 Å². The van der Waals surface area contributed by atoms with Gasteiger partial charge in [0.25, 0.3) is 11.8 Å². The number of amides is 4. The van der Waals surface area contributed by atoms with Gasteiger partial charge in [0.15, 0.2) is 0 Å². The number of aromatic nitrogens is 2. The van der Waals surface area contributed by atoms with Crippen molar-refractivity contribution in [3.8, 4) is 28.1 Å². The lowest BCUT2D eigenvalue weighted by molar-refractivity contribution is -0.130. The van der Waals surface area contributed by atoms with Gasteiger partial charge in [-0.15, -0.1) is 0 Å². The summed E-state index contributed by atoms with van der Waals surface area (Å²) in [7, 11) is 0. The van der Waals surface area contributed by atoms with Gasteiger partial charge in [0.05, 0.1) is 33.4 Å².